The molecule has 0 unspecified atom stereocenters. The molecule has 1 aromatic carbocycles. The molecule has 1 aliphatic rings. The first-order chi connectivity index (χ1) is 11.5. The van der Waals surface area contributed by atoms with E-state index in [0.29, 0.717) is 24.5 Å². The van der Waals surface area contributed by atoms with E-state index in [9.17, 15) is 18.4 Å². The zero-order chi connectivity index (χ0) is 17.5. The Bertz CT molecular complexity index is 568. The van der Waals surface area contributed by atoms with Crippen molar-refractivity contribution < 1.29 is 23.1 Å². The number of rotatable bonds is 7. The highest BCUT2D eigenvalue weighted by Crippen LogP contribution is 2.19. The lowest BCUT2D eigenvalue weighted by molar-refractivity contribution is -0.125. The van der Waals surface area contributed by atoms with Gasteiger partial charge in [0.15, 0.2) is 0 Å². The van der Waals surface area contributed by atoms with Gasteiger partial charge in [0.05, 0.1) is 19.2 Å². The minimum atomic E-state index is -2.59. The standard InChI is InChI=1S/C15H19F2N4O3/c16-13(17)8-19-12(7-18)15(23)20-10-1-3-11(4-2-10)21-5-6-24-9-14(21)22/h1-4,12-13,18-19H,5-9H2,(H,20,23)/q-1/t12-/m1/s1. The summed E-state index contributed by atoms with van der Waals surface area (Å²) in [5.41, 5.74) is 8.42. The molecule has 2 amide bonds. The van der Waals surface area contributed by atoms with Gasteiger partial charge in [-0.2, -0.15) is 0 Å². The lowest BCUT2D eigenvalue weighted by Crippen LogP contribution is -2.44. The maximum Gasteiger partial charge on any atom is 0.253 e. The van der Waals surface area contributed by atoms with Crippen LogP contribution in [0.5, 0.6) is 0 Å². The van der Waals surface area contributed by atoms with Gasteiger partial charge in [0, 0.05) is 17.9 Å². The molecule has 9 heteroatoms. The number of nitrogens with one attached hydrogen (secondary N) is 3. The molecule has 1 fully saturated rings. The van der Waals surface area contributed by atoms with Gasteiger partial charge in [0.2, 0.25) is 5.91 Å². The van der Waals surface area contributed by atoms with Crippen LogP contribution in [0.4, 0.5) is 20.2 Å². The number of carbonyl (C=O) groups is 2. The molecule has 1 aliphatic heterocycles. The minimum absolute atomic E-state index is 0.0411. The van der Waals surface area contributed by atoms with E-state index in [1.54, 1.807) is 29.2 Å². The third-order valence-electron chi connectivity index (χ3n) is 3.47. The minimum Gasteiger partial charge on any atom is -0.676 e. The first kappa shape index (κ1) is 18.2. The van der Waals surface area contributed by atoms with Gasteiger partial charge in [-0.25, -0.2) is 8.78 Å². The molecule has 0 radical (unpaired) electrons. The largest absolute Gasteiger partial charge is 0.676 e. The second-order valence-electron chi connectivity index (χ2n) is 5.19. The van der Waals surface area contributed by atoms with Crippen LogP contribution in [-0.2, 0) is 14.3 Å². The van der Waals surface area contributed by atoms with Crippen molar-refractivity contribution in [1.29, 1.82) is 0 Å². The SMILES string of the molecule is [NH-]C[C@@H](NCC(F)F)C(=O)Nc1ccc(N2CCOCC2=O)cc1. The molecule has 0 spiro atoms. The number of halogens is 2. The predicted molar refractivity (Wildman–Crippen MR) is 85.2 cm³/mol. The van der Waals surface area contributed by atoms with Gasteiger partial charge >= 0.3 is 0 Å². The number of nitrogens with zero attached hydrogens (tertiary/aromatic N) is 1. The van der Waals surface area contributed by atoms with Crippen molar-refractivity contribution in [1.82, 2.24) is 5.32 Å². The highest BCUT2D eigenvalue weighted by molar-refractivity contribution is 5.97. The van der Waals surface area contributed by atoms with E-state index in [0.717, 1.165) is 0 Å². The molecule has 7 nitrogen and oxygen atoms in total. The van der Waals surface area contributed by atoms with Crippen LogP contribution in [0.25, 0.3) is 5.73 Å². The average molecular weight is 341 g/mol. The summed E-state index contributed by atoms with van der Waals surface area (Å²) >= 11 is 0. The van der Waals surface area contributed by atoms with Gasteiger partial charge in [-0.15, -0.1) is 6.54 Å². The maximum absolute atomic E-state index is 12.2. The molecule has 1 atom stereocenters. The normalized spacial score (nSPS) is 16.3. The predicted octanol–water partition coefficient (Wildman–Crippen LogP) is 1.26. The summed E-state index contributed by atoms with van der Waals surface area (Å²) < 4.78 is 29.4. The molecule has 1 heterocycles. The number of anilines is 2. The molecule has 3 N–H and O–H groups in total. The molecule has 2 rings (SSSR count). The number of ether oxygens (including phenoxy) is 1. The highest BCUT2D eigenvalue weighted by Gasteiger charge is 2.20. The molecule has 0 bridgehead atoms. The molecule has 0 saturated carbocycles. The van der Waals surface area contributed by atoms with Crippen molar-refractivity contribution >= 4 is 23.2 Å². The Morgan fingerprint density at radius 2 is 2.04 bits per heavy atom. The molecule has 1 saturated heterocycles. The highest BCUT2D eigenvalue weighted by atomic mass is 19.3. The molecular formula is C15H19F2N4O3-. The van der Waals surface area contributed by atoms with Crippen molar-refractivity contribution in [2.45, 2.75) is 12.5 Å². The van der Waals surface area contributed by atoms with Crippen LogP contribution >= 0.6 is 0 Å². The van der Waals surface area contributed by atoms with Crippen molar-refractivity contribution in [2.75, 3.05) is 43.1 Å². The number of benzene rings is 1. The summed E-state index contributed by atoms with van der Waals surface area (Å²) in [7, 11) is 0. The van der Waals surface area contributed by atoms with Crippen molar-refractivity contribution in [2.24, 2.45) is 0 Å². The second-order valence-corrected chi connectivity index (χ2v) is 5.19. The van der Waals surface area contributed by atoms with Crippen molar-refractivity contribution in [3.05, 3.63) is 30.0 Å². The quantitative estimate of drug-likeness (QED) is 0.781. The number of hydrogen-bond donors (Lipinski definition) is 2. The summed E-state index contributed by atoms with van der Waals surface area (Å²) in [5.74, 6) is -0.690. The molecular weight excluding hydrogens is 322 g/mol. The summed E-state index contributed by atoms with van der Waals surface area (Å²) in [5, 5.41) is 4.90. The van der Waals surface area contributed by atoms with Crippen LogP contribution < -0.4 is 15.5 Å². The van der Waals surface area contributed by atoms with Crippen LogP contribution in [-0.4, -0.2) is 57.1 Å². The first-order valence-electron chi connectivity index (χ1n) is 7.46. The third kappa shape index (κ3) is 4.95. The lowest BCUT2D eigenvalue weighted by Gasteiger charge is -2.27. The number of amides is 2. The fourth-order valence-corrected chi connectivity index (χ4v) is 2.23. The molecule has 0 aromatic heterocycles. The summed E-state index contributed by atoms with van der Waals surface area (Å²) in [6.45, 7) is -0.0261. The Hall–Kier alpha value is -2.10. The van der Waals surface area contributed by atoms with Crippen LogP contribution in [0, 0.1) is 0 Å². The van der Waals surface area contributed by atoms with Crippen LogP contribution in [0.2, 0.25) is 0 Å². The topological polar surface area (TPSA) is 94.5 Å². The van der Waals surface area contributed by atoms with Gasteiger partial charge < -0.3 is 26.0 Å². The molecule has 24 heavy (non-hydrogen) atoms. The van der Waals surface area contributed by atoms with E-state index < -0.39 is 24.9 Å². The molecule has 1 aromatic rings. The van der Waals surface area contributed by atoms with Gasteiger partial charge in [-0.3, -0.25) is 9.59 Å². The zero-order valence-electron chi connectivity index (χ0n) is 12.9. The molecule has 132 valence electrons. The smallest absolute Gasteiger partial charge is 0.253 e. The maximum atomic E-state index is 12.2. The van der Waals surface area contributed by atoms with E-state index in [2.05, 4.69) is 10.6 Å². The number of carbonyl (C=O) groups excluding carboxylic acids is 2. The van der Waals surface area contributed by atoms with Gasteiger partial charge in [0.1, 0.15) is 6.61 Å². The lowest BCUT2D eigenvalue weighted by atomic mass is 10.2. The van der Waals surface area contributed by atoms with Crippen molar-refractivity contribution in [3.63, 3.8) is 0 Å². The monoisotopic (exact) mass is 341 g/mol. The van der Waals surface area contributed by atoms with E-state index in [-0.39, 0.29) is 19.1 Å². The van der Waals surface area contributed by atoms with E-state index in [1.165, 1.54) is 0 Å². The summed E-state index contributed by atoms with van der Waals surface area (Å²) in [6.07, 6.45) is -2.59. The summed E-state index contributed by atoms with van der Waals surface area (Å²) in [6, 6.07) is 5.58. The Labute approximate surface area is 138 Å². The molecule has 0 aliphatic carbocycles. The Kier molecular flexibility index (Phi) is 6.59. The Morgan fingerprint density at radius 3 is 2.62 bits per heavy atom. The van der Waals surface area contributed by atoms with Gasteiger partial charge in [0.25, 0.3) is 12.3 Å². The Balaban J connectivity index is 1.95. The van der Waals surface area contributed by atoms with Gasteiger partial charge in [-0.1, -0.05) is 0 Å². The van der Waals surface area contributed by atoms with Gasteiger partial charge in [-0.05, 0) is 24.3 Å². The Morgan fingerprint density at radius 1 is 1.33 bits per heavy atom. The third-order valence-corrected chi connectivity index (χ3v) is 3.47. The van der Waals surface area contributed by atoms with Crippen LogP contribution in [0.3, 0.4) is 0 Å². The zero-order valence-corrected chi connectivity index (χ0v) is 12.9. The van der Waals surface area contributed by atoms with Crippen LogP contribution in [0.1, 0.15) is 0 Å². The summed E-state index contributed by atoms with van der Waals surface area (Å²) in [4.78, 5) is 25.3. The van der Waals surface area contributed by atoms with E-state index >= 15 is 0 Å². The van der Waals surface area contributed by atoms with Crippen molar-refractivity contribution in [3.8, 4) is 0 Å². The number of morpholine rings is 1. The fraction of sp³-hybridized carbons (Fsp3) is 0.467. The van der Waals surface area contributed by atoms with E-state index in [4.69, 9.17) is 10.5 Å². The number of hydrogen-bond acceptors (Lipinski definition) is 4. The second kappa shape index (κ2) is 8.67. The van der Waals surface area contributed by atoms with Crippen LogP contribution in [0.15, 0.2) is 24.3 Å². The average Bonchev–Trinajstić information content (AvgIpc) is 2.56. The van der Waals surface area contributed by atoms with E-state index in [1.807, 2.05) is 0 Å². The fourth-order valence-electron chi connectivity index (χ4n) is 2.23. The number of alkyl halides is 2. The first-order valence-corrected chi connectivity index (χ1v) is 7.46.